The molecule has 2 heteroatoms. The van der Waals surface area contributed by atoms with Crippen molar-refractivity contribution >= 4 is 5.69 Å². The summed E-state index contributed by atoms with van der Waals surface area (Å²) in [4.78, 5) is 2.52. The maximum absolute atomic E-state index is 3.57. The van der Waals surface area contributed by atoms with Crippen molar-refractivity contribution in [2.75, 3.05) is 24.5 Å². The predicted molar refractivity (Wildman–Crippen MR) is 79.3 cm³/mol. The third kappa shape index (κ3) is 3.49. The highest BCUT2D eigenvalue weighted by Crippen LogP contribution is 2.20. The van der Waals surface area contributed by atoms with Gasteiger partial charge in [0.2, 0.25) is 0 Å². The van der Waals surface area contributed by atoms with Crippen molar-refractivity contribution in [2.24, 2.45) is 0 Å². The smallest absolute Gasteiger partial charge is 0.0366 e. The lowest BCUT2D eigenvalue weighted by molar-refractivity contribution is 0.431. The van der Waals surface area contributed by atoms with Crippen molar-refractivity contribution in [1.29, 1.82) is 0 Å². The van der Waals surface area contributed by atoms with Gasteiger partial charge in [0.25, 0.3) is 0 Å². The first-order valence-corrected chi connectivity index (χ1v) is 7.40. The first kappa shape index (κ1) is 13.4. The van der Waals surface area contributed by atoms with Gasteiger partial charge in [0.05, 0.1) is 0 Å². The maximum Gasteiger partial charge on any atom is 0.0366 e. The molecule has 1 heterocycles. The summed E-state index contributed by atoms with van der Waals surface area (Å²) in [6, 6.07) is 9.82. The topological polar surface area (TPSA) is 15.3 Å². The van der Waals surface area contributed by atoms with E-state index in [1.807, 2.05) is 0 Å². The van der Waals surface area contributed by atoms with Gasteiger partial charge < -0.3 is 10.2 Å². The Balaban J connectivity index is 1.97. The van der Waals surface area contributed by atoms with Crippen LogP contribution in [0.15, 0.2) is 24.3 Å². The molecule has 1 unspecified atom stereocenters. The summed E-state index contributed by atoms with van der Waals surface area (Å²) in [6.45, 7) is 7.86. The van der Waals surface area contributed by atoms with Crippen LogP contribution in [-0.2, 0) is 6.42 Å². The van der Waals surface area contributed by atoms with Crippen LogP contribution in [0.2, 0.25) is 0 Å². The van der Waals surface area contributed by atoms with Gasteiger partial charge in [-0.2, -0.15) is 0 Å². The average Bonchev–Trinajstić information content (AvgIpc) is 2.41. The highest BCUT2D eigenvalue weighted by atomic mass is 15.2. The van der Waals surface area contributed by atoms with E-state index in [1.165, 1.54) is 43.5 Å². The van der Waals surface area contributed by atoms with Gasteiger partial charge in [-0.15, -0.1) is 0 Å². The van der Waals surface area contributed by atoms with Crippen molar-refractivity contribution in [3.63, 3.8) is 0 Å². The first-order valence-electron chi connectivity index (χ1n) is 7.40. The second kappa shape index (κ2) is 6.79. The predicted octanol–water partition coefficient (Wildman–Crippen LogP) is 3.22. The molecule has 1 aromatic carbocycles. The van der Waals surface area contributed by atoms with E-state index >= 15 is 0 Å². The van der Waals surface area contributed by atoms with Gasteiger partial charge in [-0.1, -0.05) is 32.4 Å². The van der Waals surface area contributed by atoms with Crippen molar-refractivity contribution in [3.8, 4) is 0 Å². The minimum absolute atomic E-state index is 0.666. The summed E-state index contributed by atoms with van der Waals surface area (Å²) in [5.41, 5.74) is 2.85. The molecule has 1 N–H and O–H groups in total. The van der Waals surface area contributed by atoms with Crippen molar-refractivity contribution in [2.45, 2.75) is 45.6 Å². The van der Waals surface area contributed by atoms with Crippen LogP contribution in [0, 0.1) is 0 Å². The fourth-order valence-corrected chi connectivity index (χ4v) is 2.83. The first-order chi connectivity index (χ1) is 8.83. The van der Waals surface area contributed by atoms with Crippen LogP contribution in [0.3, 0.4) is 0 Å². The van der Waals surface area contributed by atoms with E-state index in [9.17, 15) is 0 Å². The largest absolute Gasteiger partial charge is 0.370 e. The molecule has 1 aromatic rings. The molecule has 0 radical (unpaired) electrons. The summed E-state index contributed by atoms with van der Waals surface area (Å²) < 4.78 is 0. The van der Waals surface area contributed by atoms with Gasteiger partial charge in [-0.25, -0.2) is 0 Å². The summed E-state index contributed by atoms with van der Waals surface area (Å²) in [7, 11) is 0. The third-order valence-corrected chi connectivity index (χ3v) is 3.75. The van der Waals surface area contributed by atoms with E-state index in [-0.39, 0.29) is 0 Å². The standard InChI is InChI=1S/C16H26N2/c1-3-6-14-8-10-16(11-9-14)18-12-5-7-15(13-18)17-4-2/h8-11,15,17H,3-7,12-13H2,1-2H3. The summed E-state index contributed by atoms with van der Waals surface area (Å²) in [5.74, 6) is 0. The number of benzene rings is 1. The fraction of sp³-hybridized carbons (Fsp3) is 0.625. The molecule has 1 aliphatic heterocycles. The lowest BCUT2D eigenvalue weighted by Crippen LogP contribution is -2.45. The zero-order valence-electron chi connectivity index (χ0n) is 11.8. The zero-order valence-corrected chi connectivity index (χ0v) is 11.8. The molecule has 1 aliphatic rings. The molecule has 1 fully saturated rings. The van der Waals surface area contributed by atoms with Gasteiger partial charge in [0, 0.05) is 24.8 Å². The second-order valence-corrected chi connectivity index (χ2v) is 5.26. The molecule has 1 saturated heterocycles. The van der Waals surface area contributed by atoms with Gasteiger partial charge in [0.15, 0.2) is 0 Å². The van der Waals surface area contributed by atoms with E-state index < -0.39 is 0 Å². The SMILES string of the molecule is CCCc1ccc(N2CCCC(NCC)C2)cc1. The molecule has 0 amide bonds. The third-order valence-electron chi connectivity index (χ3n) is 3.75. The van der Waals surface area contributed by atoms with E-state index in [4.69, 9.17) is 0 Å². The average molecular weight is 246 g/mol. The van der Waals surface area contributed by atoms with Crippen molar-refractivity contribution < 1.29 is 0 Å². The number of aryl methyl sites for hydroxylation is 1. The number of piperidine rings is 1. The van der Waals surface area contributed by atoms with Crippen LogP contribution >= 0.6 is 0 Å². The van der Waals surface area contributed by atoms with Gasteiger partial charge in [-0.3, -0.25) is 0 Å². The van der Waals surface area contributed by atoms with Crippen LogP contribution < -0.4 is 10.2 Å². The van der Waals surface area contributed by atoms with Crippen molar-refractivity contribution in [1.82, 2.24) is 5.32 Å². The van der Waals surface area contributed by atoms with Crippen LogP contribution in [0.25, 0.3) is 0 Å². The molecule has 0 spiro atoms. The number of nitrogens with one attached hydrogen (secondary N) is 1. The van der Waals surface area contributed by atoms with Crippen LogP contribution in [-0.4, -0.2) is 25.7 Å². The van der Waals surface area contributed by atoms with E-state index in [2.05, 4.69) is 48.3 Å². The molecule has 0 aliphatic carbocycles. The van der Waals surface area contributed by atoms with E-state index in [1.54, 1.807) is 0 Å². The monoisotopic (exact) mass is 246 g/mol. The summed E-state index contributed by atoms with van der Waals surface area (Å²) >= 11 is 0. The highest BCUT2D eigenvalue weighted by Gasteiger charge is 2.18. The van der Waals surface area contributed by atoms with Crippen LogP contribution in [0.5, 0.6) is 0 Å². The number of hydrogen-bond donors (Lipinski definition) is 1. The molecule has 0 bridgehead atoms. The Kier molecular flexibility index (Phi) is 5.06. The number of nitrogens with zero attached hydrogens (tertiary/aromatic N) is 1. The highest BCUT2D eigenvalue weighted by molar-refractivity contribution is 5.48. The molecular formula is C16H26N2. The molecule has 0 aromatic heterocycles. The minimum Gasteiger partial charge on any atom is -0.370 e. The van der Waals surface area contributed by atoms with Crippen molar-refractivity contribution in [3.05, 3.63) is 29.8 Å². The Bertz CT molecular complexity index is 343. The lowest BCUT2D eigenvalue weighted by atomic mass is 10.0. The van der Waals surface area contributed by atoms with Crippen LogP contribution in [0.1, 0.15) is 38.7 Å². The molecular weight excluding hydrogens is 220 g/mol. The van der Waals surface area contributed by atoms with Gasteiger partial charge in [-0.05, 0) is 43.5 Å². The quantitative estimate of drug-likeness (QED) is 0.858. The molecule has 1 atom stereocenters. The van der Waals surface area contributed by atoms with Crippen LogP contribution in [0.4, 0.5) is 5.69 Å². The fourth-order valence-electron chi connectivity index (χ4n) is 2.83. The summed E-state index contributed by atoms with van der Waals surface area (Å²) in [6.07, 6.45) is 5.04. The van der Waals surface area contributed by atoms with E-state index in [0.29, 0.717) is 6.04 Å². The Labute approximate surface area is 111 Å². The molecule has 0 saturated carbocycles. The zero-order chi connectivity index (χ0) is 12.8. The Morgan fingerprint density at radius 3 is 2.67 bits per heavy atom. The Morgan fingerprint density at radius 1 is 1.22 bits per heavy atom. The summed E-state index contributed by atoms with van der Waals surface area (Å²) in [5, 5.41) is 3.57. The Hall–Kier alpha value is -1.02. The normalized spacial score (nSPS) is 20.1. The number of likely N-dealkylation sites (N-methyl/N-ethyl adjacent to an activating group) is 1. The Morgan fingerprint density at radius 2 is 2.00 bits per heavy atom. The molecule has 100 valence electrons. The number of rotatable bonds is 5. The second-order valence-electron chi connectivity index (χ2n) is 5.26. The molecule has 18 heavy (non-hydrogen) atoms. The van der Waals surface area contributed by atoms with Gasteiger partial charge >= 0.3 is 0 Å². The molecule has 2 rings (SSSR count). The van der Waals surface area contributed by atoms with Gasteiger partial charge in [0.1, 0.15) is 0 Å². The minimum atomic E-state index is 0.666. The lowest BCUT2D eigenvalue weighted by Gasteiger charge is -2.34. The maximum atomic E-state index is 3.57. The number of hydrogen-bond acceptors (Lipinski definition) is 2. The number of anilines is 1. The van der Waals surface area contributed by atoms with E-state index in [0.717, 1.165) is 13.1 Å². The molecule has 2 nitrogen and oxygen atoms in total.